The molecule has 1 saturated carbocycles. The van der Waals surface area contributed by atoms with Crippen LogP contribution in [0.5, 0.6) is 5.75 Å². The van der Waals surface area contributed by atoms with E-state index in [4.69, 9.17) is 4.74 Å². The number of carbonyl (C=O) groups excluding carboxylic acids is 3. The van der Waals surface area contributed by atoms with Gasteiger partial charge in [-0.1, -0.05) is 43.2 Å². The minimum atomic E-state index is -1.01. The zero-order chi connectivity index (χ0) is 24.8. The number of nitrogens with zero attached hydrogens (tertiary/aromatic N) is 2. The molecule has 3 amide bonds. The number of likely N-dealkylation sites (tertiary alicyclic amines) is 1. The van der Waals surface area contributed by atoms with E-state index in [1.54, 1.807) is 43.2 Å². The fraction of sp³-hybridized carbons (Fsp3) is 0.464. The first kappa shape index (κ1) is 24.8. The Bertz CT molecular complexity index is 1020. The van der Waals surface area contributed by atoms with Gasteiger partial charge in [-0.05, 0) is 55.5 Å². The normalized spacial score (nSPS) is 17.6. The number of benzene rings is 2. The van der Waals surface area contributed by atoms with Crippen molar-refractivity contribution in [2.24, 2.45) is 0 Å². The zero-order valence-corrected chi connectivity index (χ0v) is 20.7. The lowest BCUT2D eigenvalue weighted by atomic mass is 9.82. The first-order valence-corrected chi connectivity index (χ1v) is 12.5. The molecule has 2 fully saturated rings. The van der Waals surface area contributed by atoms with Gasteiger partial charge < -0.3 is 19.9 Å². The first-order chi connectivity index (χ1) is 16.9. The van der Waals surface area contributed by atoms with Crippen molar-refractivity contribution < 1.29 is 19.1 Å². The molecule has 0 atom stereocenters. The topological polar surface area (TPSA) is 79.0 Å². The fourth-order valence-electron chi connectivity index (χ4n) is 5.46. The zero-order valence-electron chi connectivity index (χ0n) is 20.7. The molecule has 7 heteroatoms. The molecule has 0 aromatic heterocycles. The Morgan fingerprint density at radius 1 is 1.00 bits per heavy atom. The predicted molar refractivity (Wildman–Crippen MR) is 134 cm³/mol. The molecule has 186 valence electrons. The van der Waals surface area contributed by atoms with Crippen molar-refractivity contribution in [2.75, 3.05) is 20.2 Å². The van der Waals surface area contributed by atoms with Crippen LogP contribution >= 0.6 is 0 Å². The van der Waals surface area contributed by atoms with E-state index in [9.17, 15) is 14.4 Å². The highest BCUT2D eigenvalue weighted by molar-refractivity contribution is 6.00. The van der Waals surface area contributed by atoms with Crippen LogP contribution < -0.4 is 10.1 Å². The average Bonchev–Trinajstić information content (AvgIpc) is 3.42. The van der Waals surface area contributed by atoms with E-state index >= 15 is 0 Å². The molecule has 4 rings (SSSR count). The van der Waals surface area contributed by atoms with E-state index in [0.29, 0.717) is 43.8 Å². The van der Waals surface area contributed by atoms with E-state index in [-0.39, 0.29) is 23.8 Å². The summed E-state index contributed by atoms with van der Waals surface area (Å²) in [5.74, 6) is 0.403. The second-order valence-corrected chi connectivity index (χ2v) is 9.55. The summed E-state index contributed by atoms with van der Waals surface area (Å²) in [6, 6.07) is 16.9. The Morgan fingerprint density at radius 2 is 1.63 bits per heavy atom. The molecule has 2 aliphatic rings. The van der Waals surface area contributed by atoms with Gasteiger partial charge in [0.15, 0.2) is 0 Å². The summed E-state index contributed by atoms with van der Waals surface area (Å²) in [6.45, 7) is 2.85. The summed E-state index contributed by atoms with van der Waals surface area (Å²) >= 11 is 0. The molecule has 2 aromatic rings. The summed E-state index contributed by atoms with van der Waals surface area (Å²) in [5.41, 5.74) is 0.542. The third-order valence-electron chi connectivity index (χ3n) is 7.46. The van der Waals surface area contributed by atoms with Gasteiger partial charge in [0, 0.05) is 38.2 Å². The SMILES string of the molecule is COc1ccc(C(=O)N(C2CCCC2)C2(C(=O)NCc3ccccc3)CCN(C(C)=O)CC2)cc1. The molecule has 0 unspecified atom stereocenters. The van der Waals surface area contributed by atoms with Gasteiger partial charge in [-0.3, -0.25) is 14.4 Å². The van der Waals surface area contributed by atoms with Crippen molar-refractivity contribution in [2.45, 2.75) is 63.6 Å². The van der Waals surface area contributed by atoms with Crippen molar-refractivity contribution in [3.63, 3.8) is 0 Å². The molecule has 0 radical (unpaired) electrons. The van der Waals surface area contributed by atoms with Crippen LogP contribution in [0.3, 0.4) is 0 Å². The summed E-state index contributed by atoms with van der Waals surface area (Å²) in [5, 5.41) is 3.13. The van der Waals surface area contributed by atoms with Gasteiger partial charge in [0.25, 0.3) is 5.91 Å². The highest BCUT2D eigenvalue weighted by Gasteiger charge is 2.51. The minimum absolute atomic E-state index is 0.00260. The molecule has 1 saturated heterocycles. The molecular formula is C28H35N3O4. The number of amides is 3. The fourth-order valence-corrected chi connectivity index (χ4v) is 5.46. The Hall–Kier alpha value is -3.35. The molecule has 0 bridgehead atoms. The number of methoxy groups -OCH3 is 1. The highest BCUT2D eigenvalue weighted by atomic mass is 16.5. The van der Waals surface area contributed by atoms with Gasteiger partial charge in [-0.15, -0.1) is 0 Å². The second-order valence-electron chi connectivity index (χ2n) is 9.55. The molecule has 1 aliphatic heterocycles. The van der Waals surface area contributed by atoms with Crippen LogP contribution in [0.25, 0.3) is 0 Å². The lowest BCUT2D eigenvalue weighted by Gasteiger charge is -2.49. The van der Waals surface area contributed by atoms with Crippen LogP contribution in [0.15, 0.2) is 54.6 Å². The number of ether oxygens (including phenoxy) is 1. The van der Waals surface area contributed by atoms with Gasteiger partial charge in [0.2, 0.25) is 11.8 Å². The van der Waals surface area contributed by atoms with E-state index in [1.165, 1.54) is 0 Å². The molecule has 1 heterocycles. The van der Waals surface area contributed by atoms with Gasteiger partial charge in [-0.25, -0.2) is 0 Å². The number of piperidine rings is 1. The van der Waals surface area contributed by atoms with E-state index in [0.717, 1.165) is 31.2 Å². The number of hydrogen-bond acceptors (Lipinski definition) is 4. The Kier molecular flexibility index (Phi) is 7.73. The molecule has 2 aromatic carbocycles. The van der Waals surface area contributed by atoms with Gasteiger partial charge >= 0.3 is 0 Å². The van der Waals surface area contributed by atoms with Crippen LogP contribution in [-0.4, -0.2) is 59.3 Å². The van der Waals surface area contributed by atoms with Crippen LogP contribution in [0.1, 0.15) is 61.4 Å². The number of hydrogen-bond donors (Lipinski definition) is 1. The maximum Gasteiger partial charge on any atom is 0.255 e. The summed E-state index contributed by atoms with van der Waals surface area (Å²) in [4.78, 5) is 43.7. The minimum Gasteiger partial charge on any atom is -0.497 e. The summed E-state index contributed by atoms with van der Waals surface area (Å²) < 4.78 is 5.27. The van der Waals surface area contributed by atoms with E-state index in [2.05, 4.69) is 5.32 Å². The van der Waals surface area contributed by atoms with Crippen LogP contribution in [0.4, 0.5) is 0 Å². The molecule has 1 N–H and O–H groups in total. The third-order valence-corrected chi connectivity index (χ3v) is 7.46. The number of nitrogens with one attached hydrogen (secondary N) is 1. The summed E-state index contributed by atoms with van der Waals surface area (Å²) in [7, 11) is 1.59. The molecular weight excluding hydrogens is 442 g/mol. The van der Waals surface area contributed by atoms with Crippen LogP contribution in [0, 0.1) is 0 Å². The second kappa shape index (κ2) is 10.9. The smallest absolute Gasteiger partial charge is 0.255 e. The molecule has 35 heavy (non-hydrogen) atoms. The Balaban J connectivity index is 1.68. The maximum absolute atomic E-state index is 14.1. The van der Waals surface area contributed by atoms with Crippen molar-refractivity contribution in [1.82, 2.24) is 15.1 Å². The van der Waals surface area contributed by atoms with Gasteiger partial charge in [0.1, 0.15) is 11.3 Å². The Labute approximate surface area is 207 Å². The maximum atomic E-state index is 14.1. The quantitative estimate of drug-likeness (QED) is 0.658. The Morgan fingerprint density at radius 3 is 2.20 bits per heavy atom. The third kappa shape index (κ3) is 5.34. The highest BCUT2D eigenvalue weighted by Crippen LogP contribution is 2.38. The van der Waals surface area contributed by atoms with Crippen molar-refractivity contribution in [3.05, 3.63) is 65.7 Å². The monoisotopic (exact) mass is 477 g/mol. The average molecular weight is 478 g/mol. The largest absolute Gasteiger partial charge is 0.497 e. The van der Waals surface area contributed by atoms with Crippen molar-refractivity contribution in [1.29, 1.82) is 0 Å². The van der Waals surface area contributed by atoms with Crippen molar-refractivity contribution in [3.8, 4) is 5.75 Å². The standard InChI is InChI=1S/C28H35N3O4/c1-21(32)30-18-16-28(17-19-30,27(34)29-20-22-8-4-3-5-9-22)31(24-10-6-7-11-24)26(33)23-12-14-25(35-2)15-13-23/h3-5,8-9,12-15,24H,6-7,10-11,16-20H2,1-2H3,(H,29,34). The lowest BCUT2D eigenvalue weighted by Crippen LogP contribution is -2.67. The first-order valence-electron chi connectivity index (χ1n) is 12.5. The van der Waals surface area contributed by atoms with E-state index in [1.807, 2.05) is 35.2 Å². The van der Waals surface area contributed by atoms with Gasteiger partial charge in [-0.2, -0.15) is 0 Å². The lowest BCUT2D eigenvalue weighted by molar-refractivity contribution is -0.142. The van der Waals surface area contributed by atoms with Crippen molar-refractivity contribution >= 4 is 17.7 Å². The van der Waals surface area contributed by atoms with Crippen LogP contribution in [0.2, 0.25) is 0 Å². The van der Waals surface area contributed by atoms with Crippen LogP contribution in [-0.2, 0) is 16.1 Å². The molecule has 7 nitrogen and oxygen atoms in total. The molecule has 1 aliphatic carbocycles. The molecule has 0 spiro atoms. The number of rotatable bonds is 7. The van der Waals surface area contributed by atoms with E-state index < -0.39 is 5.54 Å². The number of carbonyl (C=O) groups is 3. The van der Waals surface area contributed by atoms with Gasteiger partial charge in [0.05, 0.1) is 7.11 Å². The summed E-state index contributed by atoms with van der Waals surface area (Å²) in [6.07, 6.45) is 4.69. The predicted octanol–water partition coefficient (Wildman–Crippen LogP) is 3.78.